The van der Waals surface area contributed by atoms with Gasteiger partial charge in [0, 0.05) is 24.5 Å². The molecular formula is C18H27N5. The molecule has 1 saturated carbocycles. The number of hydrogen-bond donors (Lipinski definition) is 1. The van der Waals surface area contributed by atoms with Gasteiger partial charge in [0.05, 0.1) is 17.4 Å². The number of hydrogen-bond acceptors (Lipinski definition) is 4. The molecule has 5 nitrogen and oxygen atoms in total. The van der Waals surface area contributed by atoms with Crippen LogP contribution >= 0.6 is 0 Å². The largest absolute Gasteiger partial charge is 0.308 e. The van der Waals surface area contributed by atoms with Gasteiger partial charge in [0.15, 0.2) is 0 Å². The van der Waals surface area contributed by atoms with Gasteiger partial charge in [-0.3, -0.25) is 4.98 Å². The molecule has 2 aromatic rings. The Morgan fingerprint density at radius 2 is 2.09 bits per heavy atom. The lowest BCUT2D eigenvalue weighted by molar-refractivity contribution is 0.346. The standard InChI is InChI=1S/C18H27N5/c1-18(2,3)23-13-16(21-22-23)12-20-17-9-6-7-14(17)11-15-8-4-5-10-19-15/h4-5,8,10,13-14,17,20H,6-7,9,11-12H2,1-3H3. The summed E-state index contributed by atoms with van der Waals surface area (Å²) in [5.74, 6) is 0.669. The summed E-state index contributed by atoms with van der Waals surface area (Å²) in [6, 6.07) is 6.73. The Morgan fingerprint density at radius 1 is 1.22 bits per heavy atom. The molecule has 0 saturated heterocycles. The molecule has 1 aliphatic rings. The average molecular weight is 313 g/mol. The first-order valence-corrected chi connectivity index (χ1v) is 8.57. The molecule has 1 fully saturated rings. The summed E-state index contributed by atoms with van der Waals surface area (Å²) < 4.78 is 1.93. The van der Waals surface area contributed by atoms with E-state index in [0.29, 0.717) is 12.0 Å². The van der Waals surface area contributed by atoms with E-state index < -0.39 is 0 Å². The average Bonchev–Trinajstić information content (AvgIpc) is 3.15. The van der Waals surface area contributed by atoms with Gasteiger partial charge in [0.25, 0.3) is 0 Å². The molecule has 2 atom stereocenters. The molecule has 2 aromatic heterocycles. The van der Waals surface area contributed by atoms with Crippen LogP contribution < -0.4 is 5.32 Å². The van der Waals surface area contributed by atoms with Crippen LogP contribution in [0.4, 0.5) is 0 Å². The van der Waals surface area contributed by atoms with Gasteiger partial charge in [-0.25, -0.2) is 4.68 Å². The second-order valence-corrected chi connectivity index (χ2v) is 7.53. The second-order valence-electron chi connectivity index (χ2n) is 7.53. The van der Waals surface area contributed by atoms with Gasteiger partial charge >= 0.3 is 0 Å². The molecule has 0 bridgehead atoms. The maximum absolute atomic E-state index is 4.47. The Hall–Kier alpha value is -1.75. The third-order valence-electron chi connectivity index (χ3n) is 4.63. The van der Waals surface area contributed by atoms with E-state index in [2.05, 4.69) is 59.7 Å². The van der Waals surface area contributed by atoms with Crippen molar-refractivity contribution in [1.82, 2.24) is 25.3 Å². The summed E-state index contributed by atoms with van der Waals surface area (Å²) in [5.41, 5.74) is 2.20. The molecular weight excluding hydrogens is 286 g/mol. The highest BCUT2D eigenvalue weighted by atomic mass is 15.4. The van der Waals surface area contributed by atoms with Gasteiger partial charge in [-0.2, -0.15) is 0 Å². The monoisotopic (exact) mass is 313 g/mol. The molecule has 1 N–H and O–H groups in total. The summed E-state index contributed by atoms with van der Waals surface area (Å²) >= 11 is 0. The van der Waals surface area contributed by atoms with Crippen LogP contribution in [0.15, 0.2) is 30.6 Å². The molecule has 5 heteroatoms. The van der Waals surface area contributed by atoms with Crippen LogP contribution in [0.2, 0.25) is 0 Å². The van der Waals surface area contributed by atoms with E-state index in [1.54, 1.807) is 0 Å². The van der Waals surface area contributed by atoms with Crippen LogP contribution in [0, 0.1) is 5.92 Å². The van der Waals surface area contributed by atoms with Gasteiger partial charge < -0.3 is 5.32 Å². The quantitative estimate of drug-likeness (QED) is 0.922. The number of nitrogens with zero attached hydrogens (tertiary/aromatic N) is 4. The number of nitrogens with one attached hydrogen (secondary N) is 1. The van der Waals surface area contributed by atoms with Crippen molar-refractivity contribution < 1.29 is 0 Å². The fraction of sp³-hybridized carbons (Fsp3) is 0.611. The van der Waals surface area contributed by atoms with E-state index in [0.717, 1.165) is 18.7 Å². The van der Waals surface area contributed by atoms with Crippen LogP contribution in [0.25, 0.3) is 0 Å². The number of aromatic nitrogens is 4. The van der Waals surface area contributed by atoms with E-state index in [-0.39, 0.29) is 5.54 Å². The van der Waals surface area contributed by atoms with E-state index >= 15 is 0 Å². The van der Waals surface area contributed by atoms with Crippen LogP contribution in [-0.4, -0.2) is 26.0 Å². The topological polar surface area (TPSA) is 55.6 Å². The summed E-state index contributed by atoms with van der Waals surface area (Å²) in [4.78, 5) is 4.47. The van der Waals surface area contributed by atoms with E-state index in [1.807, 2.05) is 16.9 Å². The normalized spacial score (nSPS) is 21.7. The Balaban J connectivity index is 1.56. The third-order valence-corrected chi connectivity index (χ3v) is 4.63. The predicted octanol–water partition coefficient (Wildman–Crippen LogP) is 2.93. The first-order chi connectivity index (χ1) is 11.0. The maximum atomic E-state index is 4.47. The van der Waals surface area contributed by atoms with Crippen molar-refractivity contribution in [2.24, 2.45) is 5.92 Å². The Bertz CT molecular complexity index is 614. The minimum atomic E-state index is -0.0138. The Labute approximate surface area is 138 Å². The van der Waals surface area contributed by atoms with Crippen molar-refractivity contribution in [3.8, 4) is 0 Å². The van der Waals surface area contributed by atoms with E-state index in [4.69, 9.17) is 0 Å². The highest BCUT2D eigenvalue weighted by molar-refractivity contribution is 5.06. The highest BCUT2D eigenvalue weighted by Crippen LogP contribution is 2.28. The molecule has 3 rings (SSSR count). The summed E-state index contributed by atoms with van der Waals surface area (Å²) in [6.45, 7) is 7.20. The van der Waals surface area contributed by atoms with Gasteiger partial charge in [-0.05, 0) is 58.1 Å². The molecule has 1 aliphatic carbocycles. The molecule has 23 heavy (non-hydrogen) atoms. The SMILES string of the molecule is CC(C)(C)n1cc(CNC2CCCC2Cc2ccccn2)nn1. The highest BCUT2D eigenvalue weighted by Gasteiger charge is 2.27. The van der Waals surface area contributed by atoms with Crippen molar-refractivity contribution in [2.45, 2.75) is 64.6 Å². The fourth-order valence-electron chi connectivity index (χ4n) is 3.28. The minimum absolute atomic E-state index is 0.0138. The molecule has 0 spiro atoms. The Morgan fingerprint density at radius 3 is 2.78 bits per heavy atom. The van der Waals surface area contributed by atoms with Gasteiger partial charge in [-0.1, -0.05) is 17.7 Å². The summed E-state index contributed by atoms with van der Waals surface area (Å²) in [5, 5.41) is 12.2. The second kappa shape index (κ2) is 6.79. The minimum Gasteiger partial charge on any atom is -0.308 e. The lowest BCUT2D eigenvalue weighted by Crippen LogP contribution is -2.33. The van der Waals surface area contributed by atoms with Crippen molar-refractivity contribution in [1.29, 1.82) is 0 Å². The van der Waals surface area contributed by atoms with Gasteiger partial charge in [-0.15, -0.1) is 5.10 Å². The first kappa shape index (κ1) is 16.1. The number of pyridine rings is 1. The van der Waals surface area contributed by atoms with Crippen LogP contribution in [0.3, 0.4) is 0 Å². The zero-order valence-corrected chi connectivity index (χ0v) is 14.4. The van der Waals surface area contributed by atoms with E-state index in [1.165, 1.54) is 25.0 Å². The van der Waals surface area contributed by atoms with Crippen LogP contribution in [0.1, 0.15) is 51.4 Å². The van der Waals surface area contributed by atoms with Crippen molar-refractivity contribution >= 4 is 0 Å². The van der Waals surface area contributed by atoms with Crippen molar-refractivity contribution in [3.05, 3.63) is 42.0 Å². The van der Waals surface area contributed by atoms with E-state index in [9.17, 15) is 0 Å². The van der Waals surface area contributed by atoms with Gasteiger partial charge in [0.1, 0.15) is 0 Å². The summed E-state index contributed by atoms with van der Waals surface area (Å²) in [7, 11) is 0. The lowest BCUT2D eigenvalue weighted by atomic mass is 9.97. The molecule has 0 amide bonds. The smallest absolute Gasteiger partial charge is 0.0965 e. The van der Waals surface area contributed by atoms with Crippen molar-refractivity contribution in [3.63, 3.8) is 0 Å². The summed E-state index contributed by atoms with van der Waals surface area (Å²) in [6.07, 6.45) is 8.82. The molecule has 0 radical (unpaired) electrons. The molecule has 0 aromatic carbocycles. The van der Waals surface area contributed by atoms with Gasteiger partial charge in [0.2, 0.25) is 0 Å². The third kappa shape index (κ3) is 4.16. The first-order valence-electron chi connectivity index (χ1n) is 8.57. The number of rotatable bonds is 5. The molecule has 0 aliphatic heterocycles. The zero-order chi connectivity index (χ0) is 16.3. The van der Waals surface area contributed by atoms with Crippen LogP contribution in [-0.2, 0) is 18.5 Å². The predicted molar refractivity (Wildman–Crippen MR) is 90.9 cm³/mol. The maximum Gasteiger partial charge on any atom is 0.0965 e. The molecule has 124 valence electrons. The fourth-order valence-corrected chi connectivity index (χ4v) is 3.28. The molecule has 2 heterocycles. The zero-order valence-electron chi connectivity index (χ0n) is 14.4. The molecule has 2 unspecified atom stereocenters. The van der Waals surface area contributed by atoms with Crippen molar-refractivity contribution in [2.75, 3.05) is 0 Å². The lowest BCUT2D eigenvalue weighted by Gasteiger charge is -2.20. The van der Waals surface area contributed by atoms with Crippen LogP contribution in [0.5, 0.6) is 0 Å². The Kier molecular flexibility index (Phi) is 4.76.